The van der Waals surface area contributed by atoms with Gasteiger partial charge in [0.2, 0.25) is 0 Å². The van der Waals surface area contributed by atoms with E-state index in [0.29, 0.717) is 11.4 Å². The Morgan fingerprint density at radius 3 is 2.39 bits per heavy atom. The maximum atomic E-state index is 13.2. The number of methoxy groups -OCH3 is 1. The number of hydrogen-bond acceptors (Lipinski definition) is 4. The highest BCUT2D eigenvalue weighted by atomic mass is 16.5. The highest BCUT2D eigenvalue weighted by molar-refractivity contribution is 6.17. The lowest BCUT2D eigenvalue weighted by atomic mass is 9.82. The summed E-state index contributed by atoms with van der Waals surface area (Å²) in [6.45, 7) is 7.28. The van der Waals surface area contributed by atoms with E-state index in [-0.39, 0.29) is 11.4 Å². The second-order valence-electron chi connectivity index (χ2n) is 8.01. The van der Waals surface area contributed by atoms with Gasteiger partial charge in [-0.2, -0.15) is 0 Å². The molecule has 1 amide bonds. The van der Waals surface area contributed by atoms with Gasteiger partial charge in [0, 0.05) is 5.41 Å². The predicted octanol–water partition coefficient (Wildman–Crippen LogP) is 4.52. The molecule has 0 aromatic heterocycles. The van der Waals surface area contributed by atoms with Crippen molar-refractivity contribution in [3.05, 3.63) is 71.0 Å². The van der Waals surface area contributed by atoms with Crippen LogP contribution in [0.3, 0.4) is 0 Å². The van der Waals surface area contributed by atoms with E-state index in [1.165, 1.54) is 12.0 Å². The third-order valence-corrected chi connectivity index (χ3v) is 4.84. The van der Waals surface area contributed by atoms with E-state index in [1.54, 1.807) is 45.0 Å². The fourth-order valence-corrected chi connectivity index (χ4v) is 3.47. The van der Waals surface area contributed by atoms with E-state index in [1.807, 2.05) is 31.2 Å². The molecule has 1 unspecified atom stereocenters. The third-order valence-electron chi connectivity index (χ3n) is 4.84. The summed E-state index contributed by atoms with van der Waals surface area (Å²) in [5, 5.41) is 10.7. The van der Waals surface area contributed by atoms with Crippen LogP contribution in [0.1, 0.15) is 37.9 Å². The number of nitrogens with zero attached hydrogens (tertiary/aromatic N) is 1. The van der Waals surface area contributed by atoms with Gasteiger partial charge in [0.1, 0.15) is 5.75 Å². The number of Topliss-reactive ketones (excluding diaryl/α,β-unsaturated/α-hetero) is 1. The standard InChI is InChI=1S/C23H25NO4/c1-14-9-8-10-15(13-14)19-18(21(26)23(2,3)4)20(25)22(27)24(19)16-11-6-7-12-17(16)28-5/h6-13,19,25H,1-5H3. The lowest BCUT2D eigenvalue weighted by Gasteiger charge is -2.30. The van der Waals surface area contributed by atoms with Crippen LogP contribution < -0.4 is 9.64 Å². The SMILES string of the molecule is COc1ccccc1N1C(=O)C(O)=C(C(=O)C(C)(C)C)C1c1cccc(C)c1. The van der Waals surface area contributed by atoms with Crippen LogP contribution in [-0.4, -0.2) is 23.9 Å². The topological polar surface area (TPSA) is 66.8 Å². The molecule has 3 rings (SSSR count). The number of aliphatic hydroxyl groups excluding tert-OH is 1. The highest BCUT2D eigenvalue weighted by Gasteiger charge is 2.47. The van der Waals surface area contributed by atoms with Crippen molar-refractivity contribution < 1.29 is 19.4 Å². The number of carbonyl (C=O) groups excluding carboxylic acids is 2. The first-order chi connectivity index (χ1) is 13.2. The summed E-state index contributed by atoms with van der Waals surface area (Å²) < 4.78 is 5.43. The van der Waals surface area contributed by atoms with Crippen molar-refractivity contribution in [2.75, 3.05) is 12.0 Å². The van der Waals surface area contributed by atoms with E-state index in [2.05, 4.69) is 0 Å². The van der Waals surface area contributed by atoms with E-state index in [0.717, 1.165) is 11.1 Å². The van der Waals surface area contributed by atoms with Crippen molar-refractivity contribution in [2.45, 2.75) is 33.7 Å². The molecule has 1 N–H and O–H groups in total. The largest absolute Gasteiger partial charge is 0.503 e. The number of ketones is 1. The molecule has 0 aliphatic carbocycles. The molecule has 2 aromatic carbocycles. The summed E-state index contributed by atoms with van der Waals surface area (Å²) in [5.41, 5.74) is 1.64. The minimum absolute atomic E-state index is 0.119. The minimum Gasteiger partial charge on any atom is -0.503 e. The Morgan fingerprint density at radius 2 is 1.79 bits per heavy atom. The van der Waals surface area contributed by atoms with E-state index >= 15 is 0 Å². The van der Waals surface area contributed by atoms with E-state index in [9.17, 15) is 14.7 Å². The molecule has 0 bridgehead atoms. The zero-order valence-corrected chi connectivity index (χ0v) is 16.8. The Kier molecular flexibility index (Phi) is 5.02. The second-order valence-corrected chi connectivity index (χ2v) is 8.01. The Bertz CT molecular complexity index is 969. The summed E-state index contributed by atoms with van der Waals surface area (Å²) in [6.07, 6.45) is 0. The van der Waals surface area contributed by atoms with Gasteiger partial charge in [-0.1, -0.05) is 62.7 Å². The van der Waals surface area contributed by atoms with Gasteiger partial charge in [-0.3, -0.25) is 14.5 Å². The Balaban J connectivity index is 2.26. The zero-order valence-electron chi connectivity index (χ0n) is 16.8. The van der Waals surface area contributed by atoms with Gasteiger partial charge in [-0.05, 0) is 24.6 Å². The molecule has 0 spiro atoms. The molecule has 2 aromatic rings. The number of aliphatic hydroxyl groups is 1. The fourth-order valence-electron chi connectivity index (χ4n) is 3.47. The summed E-state index contributed by atoms with van der Waals surface area (Å²) in [5.74, 6) is -0.881. The molecule has 1 heterocycles. The van der Waals surface area contributed by atoms with Crippen LogP contribution in [0.15, 0.2) is 59.9 Å². The van der Waals surface area contributed by atoms with Crippen molar-refractivity contribution in [2.24, 2.45) is 5.41 Å². The van der Waals surface area contributed by atoms with Crippen LogP contribution in [0.5, 0.6) is 5.75 Å². The lowest BCUT2D eigenvalue weighted by Crippen LogP contribution is -2.33. The number of benzene rings is 2. The third kappa shape index (κ3) is 3.28. The predicted molar refractivity (Wildman–Crippen MR) is 109 cm³/mol. The van der Waals surface area contributed by atoms with Crippen LogP contribution in [0.2, 0.25) is 0 Å². The molecule has 0 radical (unpaired) electrons. The van der Waals surface area contributed by atoms with Crippen molar-refractivity contribution in [1.82, 2.24) is 0 Å². The van der Waals surface area contributed by atoms with E-state index < -0.39 is 23.1 Å². The van der Waals surface area contributed by atoms with Gasteiger partial charge in [0.05, 0.1) is 24.4 Å². The molecule has 0 saturated heterocycles. The van der Waals surface area contributed by atoms with Gasteiger partial charge in [-0.15, -0.1) is 0 Å². The number of aryl methyl sites for hydroxylation is 1. The van der Waals surface area contributed by atoms with Crippen molar-refractivity contribution in [1.29, 1.82) is 0 Å². The smallest absolute Gasteiger partial charge is 0.294 e. The number of para-hydroxylation sites is 2. The maximum absolute atomic E-state index is 13.2. The summed E-state index contributed by atoms with van der Waals surface area (Å²) in [4.78, 5) is 27.7. The van der Waals surface area contributed by atoms with Crippen LogP contribution in [0.25, 0.3) is 0 Å². The maximum Gasteiger partial charge on any atom is 0.294 e. The van der Waals surface area contributed by atoms with Crippen molar-refractivity contribution in [3.63, 3.8) is 0 Å². The minimum atomic E-state index is -0.748. The average molecular weight is 379 g/mol. The van der Waals surface area contributed by atoms with Crippen molar-refractivity contribution >= 4 is 17.4 Å². The first-order valence-electron chi connectivity index (χ1n) is 9.18. The number of carbonyl (C=O) groups is 2. The van der Waals surface area contributed by atoms with E-state index in [4.69, 9.17) is 4.74 Å². The van der Waals surface area contributed by atoms with Gasteiger partial charge >= 0.3 is 0 Å². The number of amides is 1. The summed E-state index contributed by atoms with van der Waals surface area (Å²) >= 11 is 0. The lowest BCUT2D eigenvalue weighted by molar-refractivity contribution is -0.123. The van der Waals surface area contributed by atoms with Gasteiger partial charge in [-0.25, -0.2) is 0 Å². The molecule has 146 valence electrons. The Hall–Kier alpha value is -3.08. The van der Waals surface area contributed by atoms with Crippen LogP contribution >= 0.6 is 0 Å². The Labute approximate surface area is 165 Å². The van der Waals surface area contributed by atoms with Crippen LogP contribution in [0.4, 0.5) is 5.69 Å². The number of rotatable bonds is 4. The molecule has 1 aliphatic heterocycles. The number of ether oxygens (including phenoxy) is 1. The number of anilines is 1. The molecule has 1 aliphatic rings. The molecule has 5 nitrogen and oxygen atoms in total. The normalized spacial score (nSPS) is 17.2. The van der Waals surface area contributed by atoms with Crippen LogP contribution in [0, 0.1) is 12.3 Å². The quantitative estimate of drug-likeness (QED) is 0.848. The fraction of sp³-hybridized carbons (Fsp3) is 0.304. The molecular formula is C23H25NO4. The van der Waals surface area contributed by atoms with Crippen LogP contribution in [-0.2, 0) is 9.59 Å². The summed E-state index contributed by atoms with van der Waals surface area (Å²) in [6, 6.07) is 14.0. The van der Waals surface area contributed by atoms with Gasteiger partial charge in [0.25, 0.3) is 5.91 Å². The molecule has 5 heteroatoms. The van der Waals surface area contributed by atoms with Crippen molar-refractivity contribution in [3.8, 4) is 5.75 Å². The Morgan fingerprint density at radius 1 is 1.11 bits per heavy atom. The molecule has 1 atom stereocenters. The number of hydrogen-bond donors (Lipinski definition) is 1. The molecular weight excluding hydrogens is 354 g/mol. The first-order valence-corrected chi connectivity index (χ1v) is 9.18. The average Bonchev–Trinajstić information content (AvgIpc) is 2.91. The first kappa shape index (κ1) is 19.7. The molecule has 0 saturated carbocycles. The zero-order chi connectivity index (χ0) is 20.6. The van der Waals surface area contributed by atoms with Gasteiger partial charge in [0.15, 0.2) is 11.5 Å². The highest BCUT2D eigenvalue weighted by Crippen LogP contribution is 2.45. The molecule has 0 fully saturated rings. The van der Waals surface area contributed by atoms with Gasteiger partial charge < -0.3 is 9.84 Å². The monoisotopic (exact) mass is 379 g/mol. The summed E-state index contributed by atoms with van der Waals surface area (Å²) in [7, 11) is 1.52. The molecule has 28 heavy (non-hydrogen) atoms. The second kappa shape index (κ2) is 7.15.